The van der Waals surface area contributed by atoms with Crippen molar-refractivity contribution in [1.29, 1.82) is 0 Å². The third-order valence-electron chi connectivity index (χ3n) is 7.02. The molecule has 0 radical (unpaired) electrons. The molecule has 0 heterocycles. The fourth-order valence-electron chi connectivity index (χ4n) is 5.11. The molecule has 8 heteroatoms. The first-order valence-electron chi connectivity index (χ1n) is 14.0. The van der Waals surface area contributed by atoms with Crippen molar-refractivity contribution in [3.8, 4) is 0 Å². The normalized spacial score (nSPS) is 9.28. The van der Waals surface area contributed by atoms with E-state index in [0.717, 1.165) is 0 Å². The van der Waals surface area contributed by atoms with E-state index >= 15 is 0 Å². The fraction of sp³-hybridized carbons (Fsp3) is 0.105. The van der Waals surface area contributed by atoms with Crippen LogP contribution in [0, 0.1) is 26.6 Å². The predicted molar refractivity (Wildman–Crippen MR) is 191 cm³/mol. The first-order valence-corrected chi connectivity index (χ1v) is 19.4. The summed E-state index contributed by atoms with van der Waals surface area (Å²) < 4.78 is 30.0. The minimum absolute atomic E-state index is 0. The Balaban J connectivity index is 0.00000209. The van der Waals surface area contributed by atoms with Gasteiger partial charge in [0.1, 0.15) is 12.3 Å². The Morgan fingerprint density at radius 2 is 0.500 bits per heavy atom. The topological polar surface area (TPSA) is 79.6 Å². The van der Waals surface area contributed by atoms with Crippen molar-refractivity contribution in [2.24, 2.45) is 0 Å². The maximum absolute atomic E-state index is 7.50. The molecule has 5 aromatic carbocycles. The van der Waals surface area contributed by atoms with Gasteiger partial charge in [-0.05, 0) is 60.7 Å². The van der Waals surface area contributed by atoms with Crippen molar-refractivity contribution >= 4 is 50.3 Å². The Labute approximate surface area is 287 Å². The molecule has 0 unspecified atom stereocenters. The molecule has 226 valence electrons. The van der Waals surface area contributed by atoms with Crippen LogP contribution in [0.25, 0.3) is 0 Å². The van der Waals surface area contributed by atoms with Gasteiger partial charge in [0.05, 0.1) is 54.7 Å². The second-order valence-electron chi connectivity index (χ2n) is 9.39. The van der Waals surface area contributed by atoms with E-state index in [2.05, 4.69) is 178 Å². The zero-order valence-corrected chi connectivity index (χ0v) is 29.6. The number of benzene rings is 5. The molecule has 0 amide bonds. The van der Waals surface area contributed by atoms with E-state index in [9.17, 15) is 0 Å². The Morgan fingerprint density at radius 1 is 0.304 bits per heavy atom. The molecule has 0 N–H and O–H groups in total. The van der Waals surface area contributed by atoms with Crippen LogP contribution in [0.3, 0.4) is 0 Å². The number of hydrogen-bond acceptors (Lipinski definition) is 0. The van der Waals surface area contributed by atoms with Crippen LogP contribution in [0.4, 0.5) is 0 Å². The molecular formula is C38H36CrO4P3+7. The van der Waals surface area contributed by atoms with Crippen LogP contribution in [-0.2, 0) is 36.0 Å². The van der Waals surface area contributed by atoms with E-state index in [1.165, 1.54) is 45.9 Å². The first kappa shape index (κ1) is 42.9. The summed E-state index contributed by atoms with van der Waals surface area (Å²) in [5, 5.41) is 7.73. The van der Waals surface area contributed by atoms with Crippen molar-refractivity contribution in [2.45, 2.75) is 0 Å². The maximum atomic E-state index is 7.50. The summed E-state index contributed by atoms with van der Waals surface area (Å²) in [7, 11) is -2.31. The van der Waals surface area contributed by atoms with Crippen LogP contribution in [-0.4, -0.2) is 24.6 Å². The molecule has 5 rings (SSSR count). The molecule has 0 bridgehead atoms. The Bertz CT molecular complexity index is 1330. The van der Waals surface area contributed by atoms with Crippen molar-refractivity contribution in [3.05, 3.63) is 178 Å². The minimum atomic E-state index is -0.809. The molecule has 0 aliphatic carbocycles. The van der Waals surface area contributed by atoms with Gasteiger partial charge in [-0.15, -0.1) is 0 Å². The van der Waals surface area contributed by atoms with Crippen LogP contribution < -0.4 is 26.5 Å². The van der Waals surface area contributed by atoms with Gasteiger partial charge in [-0.3, -0.25) is 0 Å². The van der Waals surface area contributed by atoms with E-state index in [1.54, 1.807) is 5.30 Å². The van der Waals surface area contributed by atoms with Crippen molar-refractivity contribution in [1.82, 2.24) is 0 Å². The second kappa shape index (κ2) is 28.1. The molecule has 0 saturated heterocycles. The van der Waals surface area contributed by atoms with Crippen molar-refractivity contribution in [3.63, 3.8) is 0 Å². The van der Waals surface area contributed by atoms with Crippen LogP contribution in [0.2, 0.25) is 0 Å². The van der Waals surface area contributed by atoms with Gasteiger partial charge in [0.15, 0.2) is 0 Å². The maximum Gasteiger partial charge on any atom is 4.00 e. The molecule has 4 nitrogen and oxygen atoms in total. The summed E-state index contributed by atoms with van der Waals surface area (Å²) in [5.41, 5.74) is 0. The first-order chi connectivity index (χ1) is 22.4. The molecule has 0 atom stereocenters. The van der Waals surface area contributed by atoms with Gasteiger partial charge in [0.2, 0.25) is 0 Å². The minimum Gasteiger partial charge on any atom is -0.0620 e. The second-order valence-corrected chi connectivity index (χ2v) is 17.4. The Kier molecular flexibility index (Phi) is 26.2. The van der Waals surface area contributed by atoms with Gasteiger partial charge in [0.25, 0.3) is 0 Å². The van der Waals surface area contributed by atoms with E-state index in [0.29, 0.717) is 0 Å². The van der Waals surface area contributed by atoms with Crippen LogP contribution in [0.1, 0.15) is 0 Å². The van der Waals surface area contributed by atoms with E-state index in [4.69, 9.17) is 18.6 Å². The molecule has 0 aromatic heterocycles. The SMILES string of the molecule is [C-]#[O+].[C-]#[O+].[C-]#[O+].[C-]#[O+].[Cr+4].c1ccc([PH+](CC[PH+](c2ccccc2)c2ccccc2)CC[PH+](c2ccccc2)c2ccccc2)cc1. The summed E-state index contributed by atoms with van der Waals surface area (Å²) in [4.78, 5) is 0. The Hall–Kier alpha value is -3.12. The third-order valence-corrected chi connectivity index (χ3v) is 16.5. The summed E-state index contributed by atoms with van der Waals surface area (Å²) in [6.45, 7) is 18.0. The molecule has 0 aliphatic heterocycles. The third kappa shape index (κ3) is 14.5. The van der Waals surface area contributed by atoms with Gasteiger partial charge in [-0.25, -0.2) is 0 Å². The van der Waals surface area contributed by atoms with Crippen molar-refractivity contribution < 1.29 is 36.0 Å². The van der Waals surface area contributed by atoms with E-state index in [1.807, 2.05) is 0 Å². The van der Waals surface area contributed by atoms with Crippen LogP contribution in [0.15, 0.2) is 152 Å². The summed E-state index contributed by atoms with van der Waals surface area (Å²) >= 11 is 0. The fourth-order valence-corrected chi connectivity index (χ4v) is 15.2. The van der Waals surface area contributed by atoms with E-state index in [-0.39, 0.29) is 17.4 Å². The van der Waals surface area contributed by atoms with Crippen LogP contribution >= 0.6 is 23.8 Å². The molecule has 0 aliphatic rings. The van der Waals surface area contributed by atoms with Crippen molar-refractivity contribution in [2.75, 3.05) is 24.6 Å². The van der Waals surface area contributed by atoms with Crippen LogP contribution in [0.5, 0.6) is 0 Å². The molecule has 46 heavy (non-hydrogen) atoms. The molecule has 0 saturated carbocycles. The summed E-state index contributed by atoms with van der Waals surface area (Å²) in [6, 6.07) is 56.5. The van der Waals surface area contributed by atoms with E-state index < -0.39 is 23.8 Å². The summed E-state index contributed by atoms with van der Waals surface area (Å²) in [5.74, 6) is 0. The monoisotopic (exact) mass is 701 g/mol. The van der Waals surface area contributed by atoms with Gasteiger partial charge < -0.3 is 0 Å². The smallest absolute Gasteiger partial charge is 0.0620 e. The zero-order valence-electron chi connectivity index (χ0n) is 25.3. The average molecular weight is 702 g/mol. The van der Waals surface area contributed by atoms with Gasteiger partial charge in [-0.2, -0.15) is 0 Å². The Morgan fingerprint density at radius 3 is 0.717 bits per heavy atom. The molecule has 0 spiro atoms. The van der Waals surface area contributed by atoms with Gasteiger partial charge >= 0.3 is 62.6 Å². The number of hydrogen-bond donors (Lipinski definition) is 0. The molecule has 5 aromatic rings. The predicted octanol–water partition coefficient (Wildman–Crippen LogP) is 6.10. The average Bonchev–Trinajstić information content (AvgIpc) is 3.16. The van der Waals surface area contributed by atoms with Gasteiger partial charge in [-0.1, -0.05) is 91.0 Å². The number of rotatable bonds is 11. The zero-order chi connectivity index (χ0) is 33.1. The quantitative estimate of drug-likeness (QED) is 0.0907. The standard InChI is InChI=1S/C34H33P3.4CO.Cr/c1-6-16-30(17-7-1)35(26-28-36(31-18-8-2-9-19-31)32-20-10-3-11-21-32)27-29-37(33-22-12-4-13-23-33)34-24-14-5-15-25-34;4*1-2;/h1-25H,26-29H2;;;;;/q;;;;;+4/p+3. The summed E-state index contributed by atoms with van der Waals surface area (Å²) in [6.07, 6.45) is 5.23. The molecular weight excluding hydrogens is 665 g/mol. The van der Waals surface area contributed by atoms with Gasteiger partial charge in [0, 0.05) is 7.92 Å². The molecule has 0 fully saturated rings. The largest absolute Gasteiger partial charge is 4.00 e.